The largest absolute Gasteiger partial charge is 0.271 e. The second-order valence-electron chi connectivity index (χ2n) is 5.00. The van der Waals surface area contributed by atoms with E-state index in [4.69, 9.17) is 5.84 Å². The first-order chi connectivity index (χ1) is 9.22. The average Bonchev–Trinajstić information content (AvgIpc) is 2.34. The lowest BCUT2D eigenvalue weighted by Gasteiger charge is -2.23. The second kappa shape index (κ2) is 7.36. The van der Waals surface area contributed by atoms with Gasteiger partial charge in [-0.2, -0.15) is 0 Å². The molecule has 0 heterocycles. The Morgan fingerprint density at radius 2 is 2.00 bits per heavy atom. The Kier molecular flexibility index (Phi) is 5.78. The summed E-state index contributed by atoms with van der Waals surface area (Å²) < 4.78 is 14.1. The zero-order valence-electron chi connectivity index (χ0n) is 11.0. The molecule has 0 aromatic heterocycles. The van der Waals surface area contributed by atoms with E-state index < -0.39 is 0 Å². The first-order valence-electron chi connectivity index (χ1n) is 6.82. The lowest BCUT2D eigenvalue weighted by molar-refractivity contribution is 0.552. The number of nitrogens with two attached hydrogens (primary N) is 1. The molecular formula is C15H20FIN2. The number of allylic oxidation sites excluding steroid dienone is 1. The molecule has 0 saturated carbocycles. The summed E-state index contributed by atoms with van der Waals surface area (Å²) in [6.07, 6.45) is 9.56. The molecule has 0 spiro atoms. The zero-order chi connectivity index (χ0) is 13.7. The average molecular weight is 374 g/mol. The fraction of sp³-hybridized carbons (Fsp3) is 0.467. The summed E-state index contributed by atoms with van der Waals surface area (Å²) >= 11 is 2.18. The van der Waals surface area contributed by atoms with Crippen molar-refractivity contribution < 1.29 is 4.39 Å². The minimum atomic E-state index is -0.199. The van der Waals surface area contributed by atoms with E-state index in [0.717, 1.165) is 22.0 Å². The molecule has 2 rings (SSSR count). The van der Waals surface area contributed by atoms with Gasteiger partial charge in [0.25, 0.3) is 0 Å². The van der Waals surface area contributed by atoms with E-state index in [1.165, 1.54) is 37.3 Å². The molecule has 1 aliphatic carbocycles. The molecular weight excluding hydrogens is 354 g/mol. The number of halogens is 2. The molecule has 4 heteroatoms. The Hall–Kier alpha value is -0.460. The summed E-state index contributed by atoms with van der Waals surface area (Å²) in [6, 6.07) is 4.90. The highest BCUT2D eigenvalue weighted by Gasteiger charge is 2.18. The Labute approximate surface area is 127 Å². The molecule has 1 unspecified atom stereocenters. The van der Waals surface area contributed by atoms with Crippen LogP contribution >= 0.6 is 22.6 Å². The van der Waals surface area contributed by atoms with Gasteiger partial charge in [0.1, 0.15) is 5.82 Å². The number of hydrogen-bond donors (Lipinski definition) is 2. The minimum absolute atomic E-state index is 0.00519. The van der Waals surface area contributed by atoms with Gasteiger partial charge in [-0.05, 0) is 66.0 Å². The van der Waals surface area contributed by atoms with Crippen LogP contribution in [-0.2, 0) is 0 Å². The lowest BCUT2D eigenvalue weighted by atomic mass is 9.91. The highest BCUT2D eigenvalue weighted by Crippen LogP contribution is 2.31. The van der Waals surface area contributed by atoms with Gasteiger partial charge in [0, 0.05) is 3.57 Å². The molecule has 0 fully saturated rings. The Balaban J connectivity index is 2.27. The number of benzene rings is 1. The normalized spacial score (nSPS) is 21.1. The van der Waals surface area contributed by atoms with Crippen LogP contribution in [0.3, 0.4) is 0 Å². The predicted molar refractivity (Wildman–Crippen MR) is 85.0 cm³/mol. The molecule has 1 aromatic rings. The Bertz CT molecular complexity index is 459. The quantitative estimate of drug-likeness (QED) is 0.360. The summed E-state index contributed by atoms with van der Waals surface area (Å²) in [5.41, 5.74) is 5.31. The summed E-state index contributed by atoms with van der Waals surface area (Å²) in [6.45, 7) is 0. The van der Waals surface area contributed by atoms with Crippen LogP contribution in [0.5, 0.6) is 0 Å². The Morgan fingerprint density at radius 3 is 2.74 bits per heavy atom. The molecule has 0 radical (unpaired) electrons. The van der Waals surface area contributed by atoms with Crippen molar-refractivity contribution >= 4 is 22.6 Å². The van der Waals surface area contributed by atoms with Crippen molar-refractivity contribution in [2.45, 2.75) is 44.6 Å². The van der Waals surface area contributed by atoms with Gasteiger partial charge in [-0.25, -0.2) is 9.82 Å². The van der Waals surface area contributed by atoms with Crippen LogP contribution < -0.4 is 11.3 Å². The maximum Gasteiger partial charge on any atom is 0.124 e. The highest BCUT2D eigenvalue weighted by atomic mass is 127. The van der Waals surface area contributed by atoms with E-state index in [9.17, 15) is 4.39 Å². The van der Waals surface area contributed by atoms with Gasteiger partial charge in [-0.1, -0.05) is 30.6 Å². The lowest BCUT2D eigenvalue weighted by Crippen LogP contribution is -2.30. The summed E-state index contributed by atoms with van der Waals surface area (Å²) in [4.78, 5) is 0. The third-order valence-corrected chi connectivity index (χ3v) is 4.57. The van der Waals surface area contributed by atoms with Crippen molar-refractivity contribution in [3.63, 3.8) is 0 Å². The number of rotatable bonds is 3. The Morgan fingerprint density at radius 1 is 1.21 bits per heavy atom. The van der Waals surface area contributed by atoms with Gasteiger partial charge in [-0.3, -0.25) is 5.84 Å². The topological polar surface area (TPSA) is 38.0 Å². The van der Waals surface area contributed by atoms with Gasteiger partial charge in [0.05, 0.1) is 6.04 Å². The van der Waals surface area contributed by atoms with Crippen molar-refractivity contribution in [2.24, 2.45) is 5.84 Å². The van der Waals surface area contributed by atoms with Gasteiger partial charge in [0.2, 0.25) is 0 Å². The molecule has 1 atom stereocenters. The van der Waals surface area contributed by atoms with E-state index in [0.29, 0.717) is 0 Å². The van der Waals surface area contributed by atoms with E-state index in [-0.39, 0.29) is 11.9 Å². The molecule has 3 N–H and O–H groups in total. The standard InChI is InChI=1S/C15H20FIN2/c16-12-8-9-13(14(17)10-12)15(19-18)11-6-4-2-1-3-5-7-11/h6,8-10,15,19H,1-5,7,18H2/b11-6+. The number of hydrazine groups is 1. The van der Waals surface area contributed by atoms with E-state index >= 15 is 0 Å². The SMILES string of the molecule is NNC(/C1=C/CCCCCC1)c1ccc(F)cc1I. The predicted octanol–water partition coefficient (Wildman–Crippen LogP) is 4.22. The van der Waals surface area contributed by atoms with Crippen LogP contribution in [0.25, 0.3) is 0 Å². The first kappa shape index (κ1) is 14.9. The fourth-order valence-electron chi connectivity index (χ4n) is 2.61. The van der Waals surface area contributed by atoms with Crippen LogP contribution in [0.15, 0.2) is 29.8 Å². The molecule has 0 bridgehead atoms. The summed E-state index contributed by atoms with van der Waals surface area (Å²) in [5, 5.41) is 0. The van der Waals surface area contributed by atoms with Crippen LogP contribution in [0.1, 0.15) is 50.1 Å². The van der Waals surface area contributed by atoms with Gasteiger partial charge in [0.15, 0.2) is 0 Å². The summed E-state index contributed by atoms with van der Waals surface area (Å²) in [7, 11) is 0. The maximum absolute atomic E-state index is 13.2. The van der Waals surface area contributed by atoms with Crippen LogP contribution in [-0.4, -0.2) is 0 Å². The molecule has 1 aromatic carbocycles. The third-order valence-electron chi connectivity index (χ3n) is 3.64. The van der Waals surface area contributed by atoms with E-state index in [1.807, 2.05) is 6.07 Å². The highest BCUT2D eigenvalue weighted by molar-refractivity contribution is 14.1. The van der Waals surface area contributed by atoms with Crippen molar-refractivity contribution in [1.29, 1.82) is 0 Å². The molecule has 0 amide bonds. The van der Waals surface area contributed by atoms with Gasteiger partial charge in [-0.15, -0.1) is 0 Å². The van der Waals surface area contributed by atoms with Gasteiger partial charge >= 0.3 is 0 Å². The summed E-state index contributed by atoms with van der Waals surface area (Å²) in [5.74, 6) is 5.55. The molecule has 2 nitrogen and oxygen atoms in total. The smallest absolute Gasteiger partial charge is 0.124 e. The van der Waals surface area contributed by atoms with Crippen molar-refractivity contribution in [3.8, 4) is 0 Å². The fourth-order valence-corrected chi connectivity index (χ4v) is 3.40. The molecule has 104 valence electrons. The van der Waals surface area contributed by atoms with Crippen LogP contribution in [0.2, 0.25) is 0 Å². The number of nitrogens with one attached hydrogen (secondary N) is 1. The monoisotopic (exact) mass is 374 g/mol. The van der Waals surface area contributed by atoms with Crippen molar-refractivity contribution in [1.82, 2.24) is 5.43 Å². The molecule has 0 saturated heterocycles. The third kappa shape index (κ3) is 4.00. The van der Waals surface area contributed by atoms with Gasteiger partial charge < -0.3 is 0 Å². The van der Waals surface area contributed by atoms with E-state index in [2.05, 4.69) is 34.1 Å². The van der Waals surface area contributed by atoms with E-state index in [1.54, 1.807) is 6.07 Å². The zero-order valence-corrected chi connectivity index (χ0v) is 13.1. The van der Waals surface area contributed by atoms with Crippen LogP contribution in [0, 0.1) is 9.39 Å². The van der Waals surface area contributed by atoms with Crippen molar-refractivity contribution in [2.75, 3.05) is 0 Å². The second-order valence-corrected chi connectivity index (χ2v) is 6.16. The molecule has 1 aliphatic rings. The molecule has 19 heavy (non-hydrogen) atoms. The van der Waals surface area contributed by atoms with Crippen molar-refractivity contribution in [3.05, 3.63) is 44.8 Å². The number of hydrogen-bond acceptors (Lipinski definition) is 2. The molecule has 0 aliphatic heterocycles. The first-order valence-corrected chi connectivity index (χ1v) is 7.90. The minimum Gasteiger partial charge on any atom is -0.271 e. The maximum atomic E-state index is 13.2. The van der Waals surface area contributed by atoms with Crippen LogP contribution in [0.4, 0.5) is 4.39 Å².